The molecule has 1 heterocycles. The largest absolute Gasteiger partial charge is 0.330 e. The molecule has 94 valence electrons. The molecule has 0 spiro atoms. The Morgan fingerprint density at radius 3 is 2.94 bits per heavy atom. The summed E-state index contributed by atoms with van der Waals surface area (Å²) in [6.45, 7) is 2.48. The SMILES string of the molecule is Cc1ccccc1C(=O)Nc1nc(CCN)cs1. The van der Waals surface area contributed by atoms with Gasteiger partial charge < -0.3 is 5.73 Å². The summed E-state index contributed by atoms with van der Waals surface area (Å²) in [5.41, 5.74) is 8.00. The molecule has 0 aliphatic carbocycles. The number of aryl methyl sites for hydroxylation is 1. The molecule has 0 fully saturated rings. The molecule has 0 atom stereocenters. The van der Waals surface area contributed by atoms with Crippen LogP contribution in [0.5, 0.6) is 0 Å². The molecule has 0 aliphatic rings. The van der Waals surface area contributed by atoms with Crippen molar-refractivity contribution in [3.63, 3.8) is 0 Å². The molecule has 0 saturated heterocycles. The van der Waals surface area contributed by atoms with Crippen LogP contribution in [0.1, 0.15) is 21.6 Å². The summed E-state index contributed by atoms with van der Waals surface area (Å²) < 4.78 is 0. The molecular formula is C13H15N3OS. The minimum absolute atomic E-state index is 0.123. The third-order valence-electron chi connectivity index (χ3n) is 2.56. The molecule has 0 bridgehead atoms. The van der Waals surface area contributed by atoms with Crippen molar-refractivity contribution in [1.82, 2.24) is 4.98 Å². The number of anilines is 1. The number of carbonyl (C=O) groups is 1. The highest BCUT2D eigenvalue weighted by molar-refractivity contribution is 7.13. The molecule has 0 radical (unpaired) electrons. The Morgan fingerprint density at radius 2 is 2.22 bits per heavy atom. The van der Waals surface area contributed by atoms with Gasteiger partial charge in [-0.25, -0.2) is 4.98 Å². The molecule has 1 amide bonds. The molecule has 4 nitrogen and oxygen atoms in total. The van der Waals surface area contributed by atoms with Crippen LogP contribution in [-0.2, 0) is 6.42 Å². The number of thiazole rings is 1. The van der Waals surface area contributed by atoms with Gasteiger partial charge in [0.25, 0.3) is 5.91 Å². The van der Waals surface area contributed by atoms with Gasteiger partial charge in [0.1, 0.15) is 0 Å². The molecule has 0 unspecified atom stereocenters. The van der Waals surface area contributed by atoms with Crippen LogP contribution in [0.3, 0.4) is 0 Å². The van der Waals surface area contributed by atoms with E-state index in [4.69, 9.17) is 5.73 Å². The van der Waals surface area contributed by atoms with Crippen LogP contribution in [0.2, 0.25) is 0 Å². The molecule has 0 aliphatic heterocycles. The van der Waals surface area contributed by atoms with E-state index in [0.717, 1.165) is 17.7 Å². The van der Waals surface area contributed by atoms with Crippen LogP contribution in [0, 0.1) is 6.92 Å². The van der Waals surface area contributed by atoms with E-state index in [0.29, 0.717) is 17.2 Å². The van der Waals surface area contributed by atoms with Crippen molar-refractivity contribution in [2.24, 2.45) is 5.73 Å². The minimum atomic E-state index is -0.123. The van der Waals surface area contributed by atoms with Gasteiger partial charge in [-0.2, -0.15) is 0 Å². The Bertz CT molecular complexity index is 551. The summed E-state index contributed by atoms with van der Waals surface area (Å²) in [5.74, 6) is -0.123. The van der Waals surface area contributed by atoms with Gasteiger partial charge in [0.2, 0.25) is 0 Å². The fraction of sp³-hybridized carbons (Fsp3) is 0.231. The second-order valence-electron chi connectivity index (χ2n) is 3.95. The summed E-state index contributed by atoms with van der Waals surface area (Å²) in [4.78, 5) is 16.3. The summed E-state index contributed by atoms with van der Waals surface area (Å²) >= 11 is 1.42. The first-order valence-electron chi connectivity index (χ1n) is 5.72. The molecule has 3 N–H and O–H groups in total. The zero-order valence-electron chi connectivity index (χ0n) is 10.1. The number of hydrogen-bond donors (Lipinski definition) is 2. The summed E-state index contributed by atoms with van der Waals surface area (Å²) in [6, 6.07) is 7.48. The summed E-state index contributed by atoms with van der Waals surface area (Å²) in [5, 5.41) is 5.34. The molecule has 0 saturated carbocycles. The normalized spacial score (nSPS) is 10.3. The predicted octanol–water partition coefficient (Wildman–Crippen LogP) is 2.21. The highest BCUT2D eigenvalue weighted by Gasteiger charge is 2.10. The Labute approximate surface area is 110 Å². The number of aromatic nitrogens is 1. The third kappa shape index (κ3) is 2.94. The van der Waals surface area contributed by atoms with Crippen molar-refractivity contribution < 1.29 is 4.79 Å². The lowest BCUT2D eigenvalue weighted by molar-refractivity contribution is 0.102. The monoisotopic (exact) mass is 261 g/mol. The van der Waals surface area contributed by atoms with E-state index < -0.39 is 0 Å². The van der Waals surface area contributed by atoms with E-state index in [9.17, 15) is 4.79 Å². The van der Waals surface area contributed by atoms with Crippen LogP contribution in [0.25, 0.3) is 0 Å². The highest BCUT2D eigenvalue weighted by Crippen LogP contribution is 2.17. The van der Waals surface area contributed by atoms with Gasteiger partial charge >= 0.3 is 0 Å². The minimum Gasteiger partial charge on any atom is -0.330 e. The van der Waals surface area contributed by atoms with Gasteiger partial charge in [-0.05, 0) is 25.1 Å². The number of rotatable bonds is 4. The second-order valence-corrected chi connectivity index (χ2v) is 4.81. The van der Waals surface area contributed by atoms with Gasteiger partial charge in [0.15, 0.2) is 5.13 Å². The van der Waals surface area contributed by atoms with Crippen molar-refractivity contribution in [3.05, 3.63) is 46.5 Å². The number of nitrogens with one attached hydrogen (secondary N) is 1. The van der Waals surface area contributed by atoms with Gasteiger partial charge in [0.05, 0.1) is 5.69 Å². The highest BCUT2D eigenvalue weighted by atomic mass is 32.1. The molecule has 2 rings (SSSR count). The standard InChI is InChI=1S/C13H15N3OS/c1-9-4-2-3-5-11(9)12(17)16-13-15-10(6-7-14)8-18-13/h2-5,8H,6-7,14H2,1H3,(H,15,16,17). The maximum Gasteiger partial charge on any atom is 0.257 e. The Morgan fingerprint density at radius 1 is 1.44 bits per heavy atom. The lowest BCUT2D eigenvalue weighted by atomic mass is 10.1. The molecule has 1 aromatic carbocycles. The number of nitrogens with two attached hydrogens (primary N) is 1. The number of hydrogen-bond acceptors (Lipinski definition) is 4. The van der Waals surface area contributed by atoms with Crippen LogP contribution < -0.4 is 11.1 Å². The summed E-state index contributed by atoms with van der Waals surface area (Å²) in [6.07, 6.45) is 0.733. The number of benzene rings is 1. The van der Waals surface area contributed by atoms with E-state index in [1.807, 2.05) is 30.5 Å². The Kier molecular flexibility index (Phi) is 4.07. The lowest BCUT2D eigenvalue weighted by Crippen LogP contribution is -2.13. The maximum absolute atomic E-state index is 12.0. The van der Waals surface area contributed by atoms with Gasteiger partial charge in [0, 0.05) is 17.4 Å². The fourth-order valence-electron chi connectivity index (χ4n) is 1.62. The first-order valence-corrected chi connectivity index (χ1v) is 6.60. The van der Waals surface area contributed by atoms with Gasteiger partial charge in [-0.1, -0.05) is 18.2 Å². The van der Waals surface area contributed by atoms with E-state index in [2.05, 4.69) is 10.3 Å². The molecule has 5 heteroatoms. The van der Waals surface area contributed by atoms with Crippen molar-refractivity contribution in [1.29, 1.82) is 0 Å². The zero-order valence-corrected chi connectivity index (χ0v) is 11.0. The van der Waals surface area contributed by atoms with Crippen molar-refractivity contribution >= 4 is 22.4 Å². The third-order valence-corrected chi connectivity index (χ3v) is 3.37. The van der Waals surface area contributed by atoms with Crippen LogP contribution >= 0.6 is 11.3 Å². The smallest absolute Gasteiger partial charge is 0.257 e. The second kappa shape index (κ2) is 5.75. The first kappa shape index (κ1) is 12.7. The van der Waals surface area contributed by atoms with E-state index in [-0.39, 0.29) is 5.91 Å². The van der Waals surface area contributed by atoms with Crippen molar-refractivity contribution in [2.45, 2.75) is 13.3 Å². The lowest BCUT2D eigenvalue weighted by Gasteiger charge is -2.04. The average Bonchev–Trinajstić information content (AvgIpc) is 2.77. The van der Waals surface area contributed by atoms with Crippen LogP contribution in [0.15, 0.2) is 29.6 Å². The summed E-state index contributed by atoms with van der Waals surface area (Å²) in [7, 11) is 0. The quantitative estimate of drug-likeness (QED) is 0.886. The molecule has 2 aromatic rings. The van der Waals surface area contributed by atoms with Gasteiger partial charge in [-0.3, -0.25) is 10.1 Å². The molecular weight excluding hydrogens is 246 g/mol. The van der Waals surface area contributed by atoms with Crippen molar-refractivity contribution in [2.75, 3.05) is 11.9 Å². The Hall–Kier alpha value is -1.72. The van der Waals surface area contributed by atoms with E-state index in [1.54, 1.807) is 6.07 Å². The van der Waals surface area contributed by atoms with E-state index >= 15 is 0 Å². The van der Waals surface area contributed by atoms with Crippen molar-refractivity contribution in [3.8, 4) is 0 Å². The van der Waals surface area contributed by atoms with Gasteiger partial charge in [-0.15, -0.1) is 11.3 Å². The predicted molar refractivity (Wildman–Crippen MR) is 74.0 cm³/mol. The first-order chi connectivity index (χ1) is 8.70. The maximum atomic E-state index is 12.0. The average molecular weight is 261 g/mol. The number of carbonyl (C=O) groups excluding carboxylic acids is 1. The topological polar surface area (TPSA) is 68.0 Å². The molecule has 1 aromatic heterocycles. The van der Waals surface area contributed by atoms with Crippen LogP contribution in [0.4, 0.5) is 5.13 Å². The number of nitrogens with zero attached hydrogens (tertiary/aromatic N) is 1. The van der Waals surface area contributed by atoms with Crippen LogP contribution in [-0.4, -0.2) is 17.4 Å². The van der Waals surface area contributed by atoms with E-state index in [1.165, 1.54) is 11.3 Å². The zero-order chi connectivity index (χ0) is 13.0. The number of amides is 1. The fourth-order valence-corrected chi connectivity index (χ4v) is 2.36. The molecule has 18 heavy (non-hydrogen) atoms. The Balaban J connectivity index is 2.09.